The maximum atomic E-state index is 14.2. The lowest BCUT2D eigenvalue weighted by Crippen LogP contribution is -2.22. The highest BCUT2D eigenvalue weighted by Gasteiger charge is 2.31. The maximum Gasteiger partial charge on any atom is 0.357 e. The molecule has 1 aromatic heterocycles. The number of pyridine rings is 1. The number of hydrogen-bond acceptors (Lipinski definition) is 4. The van der Waals surface area contributed by atoms with E-state index in [9.17, 15) is 13.6 Å². The molecule has 0 amide bonds. The molecule has 2 atom stereocenters. The van der Waals surface area contributed by atoms with Gasteiger partial charge in [0.1, 0.15) is 6.17 Å². The minimum Gasteiger partial charge on any atom is -0.464 e. The third-order valence-electron chi connectivity index (χ3n) is 3.54. The van der Waals surface area contributed by atoms with Crippen molar-refractivity contribution in [3.8, 4) is 0 Å². The highest BCUT2D eigenvalue weighted by molar-refractivity contribution is 5.90. The van der Waals surface area contributed by atoms with E-state index in [2.05, 4.69) is 9.72 Å². The molecule has 2 N–H and O–H groups in total. The van der Waals surface area contributed by atoms with Crippen molar-refractivity contribution in [1.82, 2.24) is 4.98 Å². The quantitative estimate of drug-likeness (QED) is 0.669. The van der Waals surface area contributed by atoms with Crippen molar-refractivity contribution in [3.63, 3.8) is 0 Å². The predicted octanol–water partition coefficient (Wildman–Crippen LogP) is 2.67. The summed E-state index contributed by atoms with van der Waals surface area (Å²) >= 11 is 0. The van der Waals surface area contributed by atoms with Crippen LogP contribution in [-0.4, -0.2) is 24.2 Å². The zero-order valence-corrected chi connectivity index (χ0v) is 11.3. The number of carbonyl (C=O) groups excluding carboxylic acids is 1. The molecule has 20 heavy (non-hydrogen) atoms. The molecule has 0 saturated heterocycles. The number of alkyl halides is 1. The molecular formula is C14H16F2N2O2. The lowest BCUT2D eigenvalue weighted by atomic mass is 9.88. The summed E-state index contributed by atoms with van der Waals surface area (Å²) in [5.41, 5.74) is 5.52. The number of methoxy groups -OCH3 is 1. The maximum absolute atomic E-state index is 14.2. The Morgan fingerprint density at radius 1 is 1.45 bits per heavy atom. The Hall–Kier alpha value is -1.98. The topological polar surface area (TPSA) is 65.2 Å². The lowest BCUT2D eigenvalue weighted by molar-refractivity contribution is 0.0592. The number of nitrogens with zero attached hydrogens (tertiary/aromatic N) is 1. The van der Waals surface area contributed by atoms with Crippen molar-refractivity contribution in [2.45, 2.75) is 31.9 Å². The molecule has 1 aliphatic carbocycles. The number of ether oxygens (including phenoxy) is 1. The molecule has 2 rings (SSSR count). The summed E-state index contributed by atoms with van der Waals surface area (Å²) in [5.74, 6) is -2.19. The molecule has 4 nitrogen and oxygen atoms in total. The van der Waals surface area contributed by atoms with E-state index in [0.717, 1.165) is 0 Å². The number of aromatic nitrogens is 1. The molecular weight excluding hydrogens is 266 g/mol. The van der Waals surface area contributed by atoms with E-state index in [-0.39, 0.29) is 29.1 Å². The molecule has 0 aliphatic heterocycles. The van der Waals surface area contributed by atoms with Crippen LogP contribution in [0.25, 0.3) is 0 Å². The van der Waals surface area contributed by atoms with Crippen LogP contribution in [0, 0.1) is 12.7 Å². The van der Waals surface area contributed by atoms with Crippen molar-refractivity contribution in [1.29, 1.82) is 0 Å². The summed E-state index contributed by atoms with van der Waals surface area (Å²) in [6, 6.07) is 0. The van der Waals surface area contributed by atoms with Gasteiger partial charge in [-0.1, -0.05) is 12.2 Å². The summed E-state index contributed by atoms with van der Waals surface area (Å²) in [5, 5.41) is 0. The molecule has 1 heterocycles. The van der Waals surface area contributed by atoms with Gasteiger partial charge in [-0.25, -0.2) is 18.6 Å². The highest BCUT2D eigenvalue weighted by Crippen LogP contribution is 2.35. The van der Waals surface area contributed by atoms with E-state index in [4.69, 9.17) is 5.73 Å². The second-order valence-electron chi connectivity index (χ2n) is 4.76. The van der Waals surface area contributed by atoms with Crippen molar-refractivity contribution < 1.29 is 18.3 Å². The van der Waals surface area contributed by atoms with Crippen LogP contribution in [0.15, 0.2) is 12.2 Å². The first-order valence-corrected chi connectivity index (χ1v) is 6.30. The summed E-state index contributed by atoms with van der Waals surface area (Å²) in [4.78, 5) is 15.6. The Balaban J connectivity index is 2.55. The second kappa shape index (κ2) is 5.56. The van der Waals surface area contributed by atoms with Crippen LogP contribution < -0.4 is 5.73 Å². The molecule has 6 heteroatoms. The smallest absolute Gasteiger partial charge is 0.357 e. The number of halogens is 2. The summed E-state index contributed by atoms with van der Waals surface area (Å²) in [7, 11) is 1.20. The fraction of sp³-hybridized carbons (Fsp3) is 0.429. The van der Waals surface area contributed by atoms with Crippen LogP contribution >= 0.6 is 0 Å². The number of hydrogen-bond donors (Lipinski definition) is 1. The standard InChI is InChI=1S/C14H16F2N2O2/c1-7-11(17)10(16)13(18-12(7)14(19)20-2)8-5-3-4-6-9(8)15/h3-4,8-9H,5-6H2,1-2H3,(H2,17,18). The van der Waals surface area contributed by atoms with Gasteiger partial charge >= 0.3 is 5.97 Å². The fourth-order valence-electron chi connectivity index (χ4n) is 2.29. The first-order chi connectivity index (χ1) is 9.47. The lowest BCUT2D eigenvalue weighted by Gasteiger charge is -2.23. The SMILES string of the molecule is COC(=O)c1nc(C2CC=CCC2F)c(F)c(N)c1C. The number of rotatable bonds is 2. The van der Waals surface area contributed by atoms with Gasteiger partial charge in [-0.15, -0.1) is 0 Å². The van der Waals surface area contributed by atoms with Gasteiger partial charge < -0.3 is 10.5 Å². The van der Waals surface area contributed by atoms with Crippen LogP contribution in [0.5, 0.6) is 0 Å². The number of esters is 1. The van der Waals surface area contributed by atoms with Gasteiger partial charge in [-0.2, -0.15) is 0 Å². The van der Waals surface area contributed by atoms with Crippen molar-refractivity contribution in [2.24, 2.45) is 0 Å². The molecule has 0 radical (unpaired) electrons. The largest absolute Gasteiger partial charge is 0.464 e. The van der Waals surface area contributed by atoms with E-state index >= 15 is 0 Å². The molecule has 0 aromatic carbocycles. The van der Waals surface area contributed by atoms with Crippen molar-refractivity contribution in [3.05, 3.63) is 34.9 Å². The van der Waals surface area contributed by atoms with Crippen LogP contribution in [0.3, 0.4) is 0 Å². The van der Waals surface area contributed by atoms with Crippen molar-refractivity contribution >= 4 is 11.7 Å². The molecule has 0 bridgehead atoms. The number of nitrogen functional groups attached to an aromatic ring is 1. The van der Waals surface area contributed by atoms with Gasteiger partial charge in [0.15, 0.2) is 11.5 Å². The van der Waals surface area contributed by atoms with Crippen LogP contribution in [0.4, 0.5) is 14.5 Å². The van der Waals surface area contributed by atoms with Crippen LogP contribution in [0.2, 0.25) is 0 Å². The fourth-order valence-corrected chi connectivity index (χ4v) is 2.29. The molecule has 2 unspecified atom stereocenters. The van der Waals surface area contributed by atoms with Gasteiger partial charge in [0.05, 0.1) is 18.5 Å². The van der Waals surface area contributed by atoms with Crippen LogP contribution in [-0.2, 0) is 4.74 Å². The molecule has 1 aliphatic rings. The molecule has 0 saturated carbocycles. The number of allylic oxidation sites excluding steroid dienone is 2. The summed E-state index contributed by atoms with van der Waals surface area (Å²) in [6.07, 6.45) is 2.77. The Bertz CT molecular complexity index is 573. The average Bonchev–Trinajstić information content (AvgIpc) is 2.45. The van der Waals surface area contributed by atoms with Crippen LogP contribution in [0.1, 0.15) is 40.5 Å². The monoisotopic (exact) mass is 282 g/mol. The van der Waals surface area contributed by atoms with E-state index in [1.807, 2.05) is 0 Å². The Labute approximate surface area is 115 Å². The Kier molecular flexibility index (Phi) is 4.01. The highest BCUT2D eigenvalue weighted by atomic mass is 19.1. The summed E-state index contributed by atoms with van der Waals surface area (Å²) < 4.78 is 32.8. The summed E-state index contributed by atoms with van der Waals surface area (Å²) in [6.45, 7) is 1.48. The molecule has 0 fully saturated rings. The zero-order chi connectivity index (χ0) is 14.9. The first-order valence-electron chi connectivity index (χ1n) is 6.30. The van der Waals surface area contributed by atoms with Gasteiger partial charge in [-0.3, -0.25) is 0 Å². The van der Waals surface area contributed by atoms with Crippen molar-refractivity contribution in [2.75, 3.05) is 12.8 Å². The average molecular weight is 282 g/mol. The van der Waals surface area contributed by atoms with Gasteiger partial charge in [-0.05, 0) is 19.8 Å². The third kappa shape index (κ3) is 2.37. The minimum absolute atomic E-state index is 0.0665. The van der Waals surface area contributed by atoms with Gasteiger partial charge in [0, 0.05) is 11.5 Å². The Morgan fingerprint density at radius 2 is 2.10 bits per heavy atom. The van der Waals surface area contributed by atoms with E-state index < -0.39 is 23.9 Å². The third-order valence-corrected chi connectivity index (χ3v) is 3.54. The number of anilines is 1. The molecule has 1 aromatic rings. The second-order valence-corrected chi connectivity index (χ2v) is 4.76. The predicted molar refractivity (Wildman–Crippen MR) is 70.7 cm³/mol. The Morgan fingerprint density at radius 3 is 2.70 bits per heavy atom. The first kappa shape index (κ1) is 14.4. The minimum atomic E-state index is -1.24. The molecule has 108 valence electrons. The van der Waals surface area contributed by atoms with Gasteiger partial charge in [0.2, 0.25) is 0 Å². The van der Waals surface area contributed by atoms with Gasteiger partial charge in [0.25, 0.3) is 0 Å². The normalized spacial score (nSPS) is 21.8. The number of nitrogens with two attached hydrogens (primary N) is 1. The molecule has 0 spiro atoms. The van der Waals surface area contributed by atoms with E-state index in [1.54, 1.807) is 12.2 Å². The van der Waals surface area contributed by atoms with E-state index in [1.165, 1.54) is 14.0 Å². The van der Waals surface area contributed by atoms with E-state index in [0.29, 0.717) is 6.42 Å². The number of carbonyl (C=O) groups is 1. The zero-order valence-electron chi connectivity index (χ0n) is 11.3.